The van der Waals surface area contributed by atoms with Crippen LogP contribution in [0.15, 0.2) is 6.20 Å². The lowest BCUT2D eigenvalue weighted by atomic mass is 9.86. The van der Waals surface area contributed by atoms with Crippen LogP contribution in [-0.4, -0.2) is 53.8 Å². The summed E-state index contributed by atoms with van der Waals surface area (Å²) >= 11 is 6.03. The van der Waals surface area contributed by atoms with Gasteiger partial charge in [0.2, 0.25) is 11.6 Å². The Hall–Kier alpha value is -2.08. The zero-order chi connectivity index (χ0) is 23.7. The number of carbonyl (C=O) groups is 1. The van der Waals surface area contributed by atoms with Gasteiger partial charge >= 0.3 is 6.09 Å². The molecule has 174 valence electrons. The van der Waals surface area contributed by atoms with Crippen LogP contribution in [0.25, 0.3) is 0 Å². The molecule has 0 aliphatic carbocycles. The Kier molecular flexibility index (Phi) is 10.5. The first-order valence-electron chi connectivity index (χ1n) is 10.4. The number of ether oxygens (including phenoxy) is 3. The summed E-state index contributed by atoms with van der Waals surface area (Å²) in [5.74, 6) is 6.41. The van der Waals surface area contributed by atoms with Crippen LogP contribution in [-0.2, 0) is 14.2 Å². The van der Waals surface area contributed by atoms with E-state index in [4.69, 9.17) is 25.8 Å². The van der Waals surface area contributed by atoms with Crippen molar-refractivity contribution in [2.75, 3.05) is 25.1 Å². The number of halogens is 1. The summed E-state index contributed by atoms with van der Waals surface area (Å²) in [6.45, 7) is 16.6. The molecule has 0 unspecified atom stereocenters. The zero-order valence-corrected chi connectivity index (χ0v) is 20.5. The number of aromatic nitrogens is 2. The highest BCUT2D eigenvalue weighted by Crippen LogP contribution is 2.24. The summed E-state index contributed by atoms with van der Waals surface area (Å²) in [4.78, 5) is 20.4. The predicted octanol–water partition coefficient (Wildman–Crippen LogP) is 4.23. The average Bonchev–Trinajstić information content (AvgIpc) is 2.62. The van der Waals surface area contributed by atoms with Crippen LogP contribution in [0.2, 0.25) is 5.28 Å². The Morgan fingerprint density at radius 2 is 1.77 bits per heavy atom. The molecule has 0 saturated carbocycles. The normalized spacial score (nSPS) is 12.7. The van der Waals surface area contributed by atoms with E-state index in [0.717, 1.165) is 0 Å². The molecular formula is C22H35ClN4O4. The third kappa shape index (κ3) is 10.7. The molecular weight excluding hydrogens is 420 g/mol. The van der Waals surface area contributed by atoms with E-state index in [9.17, 15) is 4.79 Å². The molecule has 0 fully saturated rings. The first-order chi connectivity index (χ1) is 14.4. The van der Waals surface area contributed by atoms with Crippen molar-refractivity contribution in [2.45, 2.75) is 73.3 Å². The third-order valence-electron chi connectivity index (χ3n) is 3.93. The fourth-order valence-electron chi connectivity index (χ4n) is 2.37. The molecule has 1 atom stereocenters. The number of amides is 1. The Morgan fingerprint density at radius 1 is 1.16 bits per heavy atom. The van der Waals surface area contributed by atoms with Crippen molar-refractivity contribution >= 4 is 23.5 Å². The van der Waals surface area contributed by atoms with E-state index in [0.29, 0.717) is 31.1 Å². The van der Waals surface area contributed by atoms with Gasteiger partial charge in [-0.2, -0.15) is 4.98 Å². The van der Waals surface area contributed by atoms with Gasteiger partial charge in [0.15, 0.2) is 0 Å². The van der Waals surface area contributed by atoms with E-state index in [-0.39, 0.29) is 16.7 Å². The number of nitrogens with zero attached hydrogens (tertiary/aromatic N) is 2. The summed E-state index contributed by atoms with van der Waals surface area (Å²) in [6.07, 6.45) is 0.409. The van der Waals surface area contributed by atoms with Crippen molar-refractivity contribution < 1.29 is 19.0 Å². The van der Waals surface area contributed by atoms with Gasteiger partial charge in [-0.25, -0.2) is 9.78 Å². The van der Waals surface area contributed by atoms with Gasteiger partial charge in [-0.3, -0.25) is 0 Å². The van der Waals surface area contributed by atoms with Crippen molar-refractivity contribution in [2.24, 2.45) is 5.41 Å². The largest absolute Gasteiger partial charge is 0.444 e. The van der Waals surface area contributed by atoms with Crippen molar-refractivity contribution in [3.8, 4) is 11.8 Å². The topological polar surface area (TPSA) is 94.6 Å². The number of alkyl carbamates (subject to hydrolysis) is 1. The highest BCUT2D eigenvalue weighted by Gasteiger charge is 2.27. The first-order valence-corrected chi connectivity index (χ1v) is 10.7. The summed E-state index contributed by atoms with van der Waals surface area (Å²) in [5, 5.41) is 6.24. The molecule has 2 N–H and O–H groups in total. The van der Waals surface area contributed by atoms with E-state index in [1.807, 2.05) is 34.6 Å². The Labute approximate surface area is 190 Å². The zero-order valence-electron chi connectivity index (χ0n) is 19.8. The molecule has 0 aliphatic rings. The summed E-state index contributed by atoms with van der Waals surface area (Å²) in [6, 6.07) is -0.193. The molecule has 0 aromatic carbocycles. The van der Waals surface area contributed by atoms with Gasteiger partial charge in [0.1, 0.15) is 11.4 Å². The second-order valence-electron chi connectivity index (χ2n) is 8.86. The molecule has 1 rings (SSSR count). The van der Waals surface area contributed by atoms with Gasteiger partial charge in [-0.1, -0.05) is 26.7 Å². The van der Waals surface area contributed by atoms with Crippen molar-refractivity contribution in [3.63, 3.8) is 0 Å². The van der Waals surface area contributed by atoms with Crippen LogP contribution in [0, 0.1) is 17.3 Å². The third-order valence-corrected chi connectivity index (χ3v) is 4.11. The van der Waals surface area contributed by atoms with Crippen LogP contribution in [0.5, 0.6) is 0 Å². The SMILES string of the molecule is CCOC(C#Cc1cnc(Cl)nc1N[C@@H](CNC(=O)OC(C)(C)C)C(C)(C)C)OCC. The van der Waals surface area contributed by atoms with E-state index in [1.54, 1.807) is 6.20 Å². The fraction of sp³-hybridized carbons (Fsp3) is 0.682. The molecule has 1 amide bonds. The minimum Gasteiger partial charge on any atom is -0.444 e. The number of carbonyl (C=O) groups excluding carboxylic acids is 1. The lowest BCUT2D eigenvalue weighted by Gasteiger charge is -2.32. The van der Waals surface area contributed by atoms with Crippen molar-refractivity contribution in [1.82, 2.24) is 15.3 Å². The second kappa shape index (κ2) is 12.1. The minimum absolute atomic E-state index is 0.0898. The van der Waals surface area contributed by atoms with E-state index in [2.05, 4.69) is 53.2 Å². The fourth-order valence-corrected chi connectivity index (χ4v) is 2.50. The van der Waals surface area contributed by atoms with Gasteiger partial charge in [0, 0.05) is 32.0 Å². The molecule has 31 heavy (non-hydrogen) atoms. The molecule has 0 saturated heterocycles. The highest BCUT2D eigenvalue weighted by molar-refractivity contribution is 6.28. The molecule has 0 aliphatic heterocycles. The van der Waals surface area contributed by atoms with E-state index < -0.39 is 18.0 Å². The smallest absolute Gasteiger partial charge is 0.407 e. The molecule has 8 nitrogen and oxygen atoms in total. The Bertz CT molecular complexity index is 772. The average molecular weight is 455 g/mol. The second-order valence-corrected chi connectivity index (χ2v) is 9.20. The number of nitrogens with one attached hydrogen (secondary N) is 2. The van der Waals surface area contributed by atoms with E-state index in [1.165, 1.54) is 0 Å². The van der Waals surface area contributed by atoms with Crippen molar-refractivity contribution in [1.29, 1.82) is 0 Å². The minimum atomic E-state index is -0.647. The van der Waals surface area contributed by atoms with Gasteiger partial charge < -0.3 is 24.8 Å². The predicted molar refractivity (Wildman–Crippen MR) is 122 cm³/mol. The molecule has 0 bridgehead atoms. The maximum atomic E-state index is 12.1. The summed E-state index contributed by atoms with van der Waals surface area (Å²) in [7, 11) is 0. The van der Waals surface area contributed by atoms with Crippen LogP contribution in [0.4, 0.5) is 10.6 Å². The number of rotatable bonds is 8. The molecule has 1 aromatic rings. The van der Waals surface area contributed by atoms with Crippen LogP contribution < -0.4 is 10.6 Å². The van der Waals surface area contributed by atoms with Crippen LogP contribution in [0.1, 0.15) is 61.0 Å². The maximum Gasteiger partial charge on any atom is 0.407 e. The molecule has 0 radical (unpaired) electrons. The van der Waals surface area contributed by atoms with Gasteiger partial charge in [-0.15, -0.1) is 0 Å². The maximum absolute atomic E-state index is 12.1. The van der Waals surface area contributed by atoms with E-state index >= 15 is 0 Å². The summed E-state index contributed by atoms with van der Waals surface area (Å²) < 4.78 is 16.3. The standard InChI is InChI=1S/C22H35ClN4O4/c1-9-29-17(30-10-2)12-11-15-13-24-19(23)27-18(15)26-16(21(3,4)5)14-25-20(28)31-22(6,7)8/h13,16-17H,9-10,14H2,1-8H3,(H,25,28)(H,24,26,27)/t16-/m0/s1. The molecule has 1 aromatic heterocycles. The Balaban J connectivity index is 3.07. The number of hydrogen-bond donors (Lipinski definition) is 2. The number of hydrogen-bond acceptors (Lipinski definition) is 7. The van der Waals surface area contributed by atoms with Gasteiger partial charge in [0.05, 0.1) is 5.56 Å². The lowest BCUT2D eigenvalue weighted by molar-refractivity contribution is -0.0969. The lowest BCUT2D eigenvalue weighted by Crippen LogP contribution is -2.45. The van der Waals surface area contributed by atoms with Crippen LogP contribution in [0.3, 0.4) is 0 Å². The van der Waals surface area contributed by atoms with Gasteiger partial charge in [-0.05, 0) is 57.6 Å². The monoisotopic (exact) mass is 454 g/mol. The molecule has 0 spiro atoms. The summed E-state index contributed by atoms with van der Waals surface area (Å²) in [5.41, 5.74) is -0.258. The van der Waals surface area contributed by atoms with Gasteiger partial charge in [0.25, 0.3) is 0 Å². The number of anilines is 1. The van der Waals surface area contributed by atoms with Crippen molar-refractivity contribution in [3.05, 3.63) is 17.0 Å². The molecule has 9 heteroatoms. The van der Waals surface area contributed by atoms with Crippen LogP contribution >= 0.6 is 11.6 Å². The molecule has 1 heterocycles. The first kappa shape index (κ1) is 27.0. The Morgan fingerprint density at radius 3 is 2.29 bits per heavy atom. The highest BCUT2D eigenvalue weighted by atomic mass is 35.5. The quantitative estimate of drug-likeness (QED) is 0.344.